The highest BCUT2D eigenvalue weighted by Crippen LogP contribution is 2.34. The van der Waals surface area contributed by atoms with Gasteiger partial charge in [-0.15, -0.1) is 0 Å². The van der Waals surface area contributed by atoms with E-state index in [1.165, 1.54) is 37.1 Å². The maximum atomic E-state index is 12.5. The van der Waals surface area contributed by atoms with Crippen LogP contribution in [-0.4, -0.2) is 45.8 Å². The van der Waals surface area contributed by atoms with Crippen LogP contribution >= 0.6 is 0 Å². The number of benzene rings is 2. The van der Waals surface area contributed by atoms with Gasteiger partial charge in [0.05, 0.1) is 22.8 Å². The number of nitrogens with one attached hydrogen (secondary N) is 2. The second kappa shape index (κ2) is 7.28. The van der Waals surface area contributed by atoms with E-state index in [9.17, 15) is 13.5 Å². The summed E-state index contributed by atoms with van der Waals surface area (Å²) in [6, 6.07) is 11.4. The monoisotopic (exact) mass is 389 g/mol. The Hall–Kier alpha value is -2.45. The van der Waals surface area contributed by atoms with Crippen molar-refractivity contribution in [2.24, 2.45) is 0 Å². The largest absolute Gasteiger partial charge is 0.508 e. The van der Waals surface area contributed by atoms with E-state index in [2.05, 4.69) is 14.9 Å². The SMILES string of the molecule is O=S(=O)(Nc1ccc2c(c1)OCCN2CCNC1CC1)c1ccc(O)cc1. The lowest BCUT2D eigenvalue weighted by atomic mass is 10.2. The van der Waals surface area contributed by atoms with Crippen molar-refractivity contribution in [3.05, 3.63) is 42.5 Å². The molecular weight excluding hydrogens is 366 g/mol. The van der Waals surface area contributed by atoms with Gasteiger partial charge < -0.3 is 20.1 Å². The van der Waals surface area contributed by atoms with Crippen LogP contribution in [-0.2, 0) is 10.0 Å². The molecule has 0 aromatic heterocycles. The normalized spacial score (nSPS) is 16.5. The first-order valence-electron chi connectivity index (χ1n) is 9.08. The minimum Gasteiger partial charge on any atom is -0.508 e. The molecule has 0 radical (unpaired) electrons. The molecule has 2 aliphatic rings. The molecule has 1 saturated carbocycles. The van der Waals surface area contributed by atoms with Gasteiger partial charge >= 0.3 is 0 Å². The third-order valence-electron chi connectivity index (χ3n) is 4.71. The zero-order valence-corrected chi connectivity index (χ0v) is 15.7. The summed E-state index contributed by atoms with van der Waals surface area (Å²) in [6.07, 6.45) is 2.54. The van der Waals surface area contributed by atoms with Crippen molar-refractivity contribution in [1.29, 1.82) is 0 Å². The fourth-order valence-electron chi connectivity index (χ4n) is 3.10. The van der Waals surface area contributed by atoms with Crippen LogP contribution in [0.5, 0.6) is 11.5 Å². The first kappa shape index (κ1) is 17.9. The van der Waals surface area contributed by atoms with Gasteiger partial charge in [-0.1, -0.05) is 0 Å². The van der Waals surface area contributed by atoms with E-state index >= 15 is 0 Å². The molecule has 1 fully saturated rings. The Bertz CT molecular complexity index is 911. The third-order valence-corrected chi connectivity index (χ3v) is 6.11. The Balaban J connectivity index is 1.47. The van der Waals surface area contributed by atoms with Gasteiger partial charge in [0.1, 0.15) is 18.1 Å². The van der Waals surface area contributed by atoms with Crippen molar-refractivity contribution < 1.29 is 18.3 Å². The molecule has 2 aromatic rings. The molecule has 1 heterocycles. The highest BCUT2D eigenvalue weighted by Gasteiger charge is 2.23. The van der Waals surface area contributed by atoms with E-state index in [-0.39, 0.29) is 10.6 Å². The Kier molecular flexibility index (Phi) is 4.84. The molecule has 0 saturated heterocycles. The number of phenols is 1. The quantitative estimate of drug-likeness (QED) is 0.672. The standard InChI is InChI=1S/C19H23N3O4S/c23-16-4-6-17(7-5-16)27(24,25)21-15-3-8-18-19(13-15)26-12-11-22(18)10-9-20-14-1-2-14/h3-8,13-14,20-21,23H,1-2,9-12H2. The summed E-state index contributed by atoms with van der Waals surface area (Å²) in [7, 11) is -3.73. The second-order valence-corrected chi connectivity index (χ2v) is 8.53. The minimum absolute atomic E-state index is 0.0207. The lowest BCUT2D eigenvalue weighted by molar-refractivity contribution is 0.307. The number of fused-ring (bicyclic) bond motifs is 1. The summed E-state index contributed by atoms with van der Waals surface area (Å²) in [6.45, 7) is 3.22. The van der Waals surface area contributed by atoms with Crippen LogP contribution in [0.3, 0.4) is 0 Å². The molecule has 0 bridgehead atoms. The number of anilines is 2. The van der Waals surface area contributed by atoms with Crippen molar-refractivity contribution >= 4 is 21.4 Å². The molecule has 0 atom stereocenters. The number of rotatable bonds is 7. The molecule has 0 spiro atoms. The zero-order chi connectivity index (χ0) is 18.9. The van der Waals surface area contributed by atoms with Gasteiger partial charge in [0.15, 0.2) is 0 Å². The molecule has 0 amide bonds. The van der Waals surface area contributed by atoms with E-state index < -0.39 is 10.0 Å². The predicted octanol–water partition coefficient (Wildman–Crippen LogP) is 2.14. The van der Waals surface area contributed by atoms with Crippen LogP contribution in [0.2, 0.25) is 0 Å². The Morgan fingerprint density at radius 1 is 1.15 bits per heavy atom. The zero-order valence-electron chi connectivity index (χ0n) is 14.9. The minimum atomic E-state index is -3.73. The highest BCUT2D eigenvalue weighted by molar-refractivity contribution is 7.92. The van der Waals surface area contributed by atoms with E-state index in [1.807, 2.05) is 6.07 Å². The number of hydrogen-bond acceptors (Lipinski definition) is 6. The van der Waals surface area contributed by atoms with Crippen LogP contribution in [0.1, 0.15) is 12.8 Å². The van der Waals surface area contributed by atoms with Crippen molar-refractivity contribution in [1.82, 2.24) is 5.32 Å². The Morgan fingerprint density at radius 2 is 1.93 bits per heavy atom. The fourth-order valence-corrected chi connectivity index (χ4v) is 4.15. The van der Waals surface area contributed by atoms with E-state index in [0.717, 1.165) is 25.3 Å². The second-order valence-electron chi connectivity index (χ2n) is 6.85. The van der Waals surface area contributed by atoms with Crippen LogP contribution in [0.15, 0.2) is 47.4 Å². The summed E-state index contributed by atoms with van der Waals surface area (Å²) in [5, 5.41) is 12.8. The Labute approximate surface area is 159 Å². The number of ether oxygens (including phenoxy) is 1. The van der Waals surface area contributed by atoms with E-state index in [1.54, 1.807) is 12.1 Å². The molecule has 7 nitrogen and oxygen atoms in total. The molecule has 144 valence electrons. The summed E-state index contributed by atoms with van der Waals surface area (Å²) >= 11 is 0. The van der Waals surface area contributed by atoms with Gasteiger partial charge in [0, 0.05) is 25.2 Å². The molecule has 3 N–H and O–H groups in total. The van der Waals surface area contributed by atoms with Gasteiger partial charge in [-0.25, -0.2) is 8.42 Å². The first-order chi connectivity index (χ1) is 13.0. The molecule has 8 heteroatoms. The Morgan fingerprint density at radius 3 is 2.67 bits per heavy atom. The molecule has 1 aliphatic heterocycles. The lowest BCUT2D eigenvalue weighted by Crippen LogP contribution is -2.38. The van der Waals surface area contributed by atoms with Gasteiger partial charge in [-0.3, -0.25) is 4.72 Å². The van der Waals surface area contributed by atoms with Crippen molar-refractivity contribution in [2.75, 3.05) is 35.9 Å². The topological polar surface area (TPSA) is 90.9 Å². The smallest absolute Gasteiger partial charge is 0.261 e. The van der Waals surface area contributed by atoms with Gasteiger partial charge in [0.2, 0.25) is 0 Å². The molecule has 27 heavy (non-hydrogen) atoms. The summed E-state index contributed by atoms with van der Waals surface area (Å²) in [5.41, 5.74) is 1.42. The van der Waals surface area contributed by atoms with Crippen molar-refractivity contribution in [3.8, 4) is 11.5 Å². The fraction of sp³-hybridized carbons (Fsp3) is 0.368. The van der Waals surface area contributed by atoms with Crippen LogP contribution in [0.4, 0.5) is 11.4 Å². The highest BCUT2D eigenvalue weighted by atomic mass is 32.2. The van der Waals surface area contributed by atoms with Crippen LogP contribution < -0.4 is 19.7 Å². The molecular formula is C19H23N3O4S. The molecule has 0 unspecified atom stereocenters. The van der Waals surface area contributed by atoms with Crippen molar-refractivity contribution in [3.63, 3.8) is 0 Å². The first-order valence-corrected chi connectivity index (χ1v) is 10.6. The summed E-state index contributed by atoms with van der Waals surface area (Å²) < 4.78 is 33.3. The van der Waals surface area contributed by atoms with Gasteiger partial charge in [0.25, 0.3) is 10.0 Å². The number of phenolic OH excluding ortho intramolecular Hbond substituents is 1. The number of aromatic hydroxyl groups is 1. The van der Waals surface area contributed by atoms with Gasteiger partial charge in [-0.2, -0.15) is 0 Å². The predicted molar refractivity (Wildman–Crippen MR) is 104 cm³/mol. The van der Waals surface area contributed by atoms with Crippen LogP contribution in [0, 0.1) is 0 Å². The summed E-state index contributed by atoms with van der Waals surface area (Å²) in [4.78, 5) is 2.35. The van der Waals surface area contributed by atoms with E-state index in [4.69, 9.17) is 4.74 Å². The number of sulfonamides is 1. The summed E-state index contributed by atoms with van der Waals surface area (Å²) in [5.74, 6) is 0.700. The average molecular weight is 389 g/mol. The van der Waals surface area contributed by atoms with E-state index in [0.29, 0.717) is 24.1 Å². The number of nitrogens with zero attached hydrogens (tertiary/aromatic N) is 1. The van der Waals surface area contributed by atoms with Crippen molar-refractivity contribution in [2.45, 2.75) is 23.8 Å². The maximum absolute atomic E-state index is 12.5. The van der Waals surface area contributed by atoms with Crippen LogP contribution in [0.25, 0.3) is 0 Å². The lowest BCUT2D eigenvalue weighted by Gasteiger charge is -2.31. The van der Waals surface area contributed by atoms with Gasteiger partial charge in [-0.05, 0) is 49.2 Å². The molecule has 1 aliphatic carbocycles. The molecule has 2 aromatic carbocycles. The average Bonchev–Trinajstić information content (AvgIpc) is 3.46. The molecule has 4 rings (SSSR count). The third kappa shape index (κ3) is 4.28. The maximum Gasteiger partial charge on any atom is 0.261 e. The number of hydrogen-bond donors (Lipinski definition) is 3.